The van der Waals surface area contributed by atoms with Gasteiger partial charge in [0.15, 0.2) is 12.1 Å². The summed E-state index contributed by atoms with van der Waals surface area (Å²) in [5.74, 6) is 1.54. The zero-order valence-electron chi connectivity index (χ0n) is 23.2. The van der Waals surface area contributed by atoms with Crippen LogP contribution in [0.3, 0.4) is 0 Å². The molecule has 0 unspecified atom stereocenters. The maximum atomic E-state index is 5.87. The minimum atomic E-state index is -0.451. The molecule has 0 atom stereocenters. The fraction of sp³-hybridized carbons (Fsp3) is 0.323. The van der Waals surface area contributed by atoms with E-state index in [9.17, 15) is 0 Å². The lowest BCUT2D eigenvalue weighted by Gasteiger charge is -2.19. The molecule has 0 fully saturated rings. The van der Waals surface area contributed by atoms with Gasteiger partial charge in [-0.3, -0.25) is 4.98 Å². The predicted molar refractivity (Wildman–Crippen MR) is 154 cm³/mol. The van der Waals surface area contributed by atoms with Crippen LogP contribution < -0.4 is 0 Å². The Bertz CT molecular complexity index is 1490. The van der Waals surface area contributed by atoms with Gasteiger partial charge in [0.05, 0.1) is 5.69 Å². The molecule has 1 N–H and O–H groups in total. The molecule has 9 nitrogen and oxygen atoms in total. The quantitative estimate of drug-likeness (QED) is 0.177. The first kappa shape index (κ1) is 27.4. The molecule has 0 saturated carbocycles. The SMILES string of the molecule is CCCCc1ncc(C(OCC)OCC)cc1-c1nccn1Cc1ccc(-c2ccccc2-c2nnn[nH]2)cc1. The molecule has 2 aromatic carbocycles. The molecule has 0 amide bonds. The van der Waals surface area contributed by atoms with E-state index in [1.165, 1.54) is 5.56 Å². The number of aromatic amines is 1. The van der Waals surface area contributed by atoms with Crippen LogP contribution in [0.15, 0.2) is 73.2 Å². The van der Waals surface area contributed by atoms with Gasteiger partial charge in [0, 0.05) is 55.0 Å². The van der Waals surface area contributed by atoms with E-state index >= 15 is 0 Å². The number of ether oxygens (including phenoxy) is 2. The van der Waals surface area contributed by atoms with Crippen LogP contribution >= 0.6 is 0 Å². The van der Waals surface area contributed by atoms with Crippen LogP contribution in [-0.4, -0.2) is 48.4 Å². The lowest BCUT2D eigenvalue weighted by Crippen LogP contribution is -2.11. The molecule has 5 rings (SSSR count). The van der Waals surface area contributed by atoms with Crippen molar-refractivity contribution in [1.29, 1.82) is 0 Å². The number of hydrogen-bond donors (Lipinski definition) is 1. The van der Waals surface area contributed by atoms with Gasteiger partial charge in [0.25, 0.3) is 0 Å². The van der Waals surface area contributed by atoms with Crippen LogP contribution in [0.2, 0.25) is 0 Å². The van der Waals surface area contributed by atoms with E-state index in [0.717, 1.165) is 58.6 Å². The van der Waals surface area contributed by atoms with E-state index < -0.39 is 6.29 Å². The van der Waals surface area contributed by atoms with Gasteiger partial charge in [-0.1, -0.05) is 61.9 Å². The lowest BCUT2D eigenvalue weighted by atomic mass is 9.98. The van der Waals surface area contributed by atoms with Gasteiger partial charge in [-0.05, 0) is 59.9 Å². The van der Waals surface area contributed by atoms with Crippen LogP contribution in [0.5, 0.6) is 0 Å². The number of rotatable bonds is 13. The van der Waals surface area contributed by atoms with Gasteiger partial charge in [-0.2, -0.15) is 0 Å². The van der Waals surface area contributed by atoms with E-state index in [-0.39, 0.29) is 0 Å². The van der Waals surface area contributed by atoms with Crippen LogP contribution in [0.25, 0.3) is 33.9 Å². The van der Waals surface area contributed by atoms with Gasteiger partial charge in [-0.25, -0.2) is 10.1 Å². The molecule has 0 aliphatic rings. The summed E-state index contributed by atoms with van der Waals surface area (Å²) in [7, 11) is 0. The average molecular weight is 538 g/mol. The Labute approximate surface area is 234 Å². The van der Waals surface area contributed by atoms with E-state index in [0.29, 0.717) is 25.6 Å². The highest BCUT2D eigenvalue weighted by Gasteiger charge is 2.19. The van der Waals surface area contributed by atoms with E-state index in [1.807, 2.05) is 50.6 Å². The second kappa shape index (κ2) is 13.2. The molecule has 0 aliphatic carbocycles. The Hall–Kier alpha value is -4.21. The zero-order chi connectivity index (χ0) is 27.7. The van der Waals surface area contributed by atoms with Gasteiger partial charge in [0.1, 0.15) is 5.82 Å². The topological polar surface area (TPSA) is 104 Å². The number of aryl methyl sites for hydroxylation is 1. The Morgan fingerprint density at radius 3 is 2.38 bits per heavy atom. The molecule has 206 valence electrons. The third kappa shape index (κ3) is 6.16. The monoisotopic (exact) mass is 537 g/mol. The minimum Gasteiger partial charge on any atom is -0.349 e. The molecule has 40 heavy (non-hydrogen) atoms. The van der Waals surface area contributed by atoms with Crippen LogP contribution in [0, 0.1) is 0 Å². The molecule has 0 saturated heterocycles. The second-order valence-electron chi connectivity index (χ2n) is 9.48. The average Bonchev–Trinajstić information content (AvgIpc) is 3.69. The Balaban J connectivity index is 1.43. The lowest BCUT2D eigenvalue weighted by molar-refractivity contribution is -0.140. The van der Waals surface area contributed by atoms with Gasteiger partial charge in [-0.15, -0.1) is 5.10 Å². The maximum Gasteiger partial charge on any atom is 0.185 e. The third-order valence-corrected chi connectivity index (χ3v) is 6.77. The summed E-state index contributed by atoms with van der Waals surface area (Å²) in [5, 5.41) is 14.4. The smallest absolute Gasteiger partial charge is 0.185 e. The van der Waals surface area contributed by atoms with Gasteiger partial charge in [0.2, 0.25) is 0 Å². The van der Waals surface area contributed by atoms with Crippen molar-refractivity contribution in [2.45, 2.75) is 52.9 Å². The van der Waals surface area contributed by atoms with Crippen molar-refractivity contribution in [2.24, 2.45) is 0 Å². The second-order valence-corrected chi connectivity index (χ2v) is 9.48. The van der Waals surface area contributed by atoms with E-state index in [1.54, 1.807) is 0 Å². The maximum absolute atomic E-state index is 5.87. The summed E-state index contributed by atoms with van der Waals surface area (Å²) in [6, 6.07) is 18.8. The highest BCUT2D eigenvalue weighted by atomic mass is 16.7. The zero-order valence-corrected chi connectivity index (χ0v) is 23.2. The van der Waals surface area contributed by atoms with Crippen molar-refractivity contribution in [3.63, 3.8) is 0 Å². The fourth-order valence-electron chi connectivity index (χ4n) is 4.80. The number of nitrogens with one attached hydrogen (secondary N) is 1. The van der Waals surface area contributed by atoms with E-state index in [2.05, 4.69) is 68.5 Å². The van der Waals surface area contributed by atoms with Crippen molar-refractivity contribution < 1.29 is 9.47 Å². The number of benzene rings is 2. The molecule has 5 aromatic rings. The number of imidazole rings is 1. The Morgan fingerprint density at radius 1 is 0.900 bits per heavy atom. The minimum absolute atomic E-state index is 0.451. The molecule has 3 aromatic heterocycles. The Kier molecular flexibility index (Phi) is 9.05. The first-order valence-corrected chi connectivity index (χ1v) is 13.9. The first-order chi connectivity index (χ1) is 19.7. The summed E-state index contributed by atoms with van der Waals surface area (Å²) in [6.07, 6.45) is 8.35. The summed E-state index contributed by atoms with van der Waals surface area (Å²) in [6.45, 7) is 7.93. The third-order valence-electron chi connectivity index (χ3n) is 6.77. The van der Waals surface area contributed by atoms with E-state index in [4.69, 9.17) is 19.4 Å². The number of tetrazole rings is 1. The number of nitrogens with zero attached hydrogens (tertiary/aromatic N) is 6. The predicted octanol–water partition coefficient (Wildman–Crippen LogP) is 6.25. The summed E-state index contributed by atoms with van der Waals surface area (Å²) < 4.78 is 13.9. The van der Waals surface area contributed by atoms with Crippen molar-refractivity contribution in [3.05, 3.63) is 90.0 Å². The highest BCUT2D eigenvalue weighted by Crippen LogP contribution is 2.31. The van der Waals surface area contributed by atoms with Gasteiger partial charge < -0.3 is 14.0 Å². The Morgan fingerprint density at radius 2 is 1.68 bits per heavy atom. The van der Waals surface area contributed by atoms with Crippen molar-refractivity contribution in [2.75, 3.05) is 13.2 Å². The fourth-order valence-corrected chi connectivity index (χ4v) is 4.80. The molecular formula is C31H35N7O2. The summed E-state index contributed by atoms with van der Waals surface area (Å²) in [5.41, 5.74) is 7.25. The molecule has 0 spiro atoms. The number of hydrogen-bond acceptors (Lipinski definition) is 7. The molecular weight excluding hydrogens is 502 g/mol. The largest absolute Gasteiger partial charge is 0.349 e. The first-order valence-electron chi connectivity index (χ1n) is 13.9. The van der Waals surface area contributed by atoms with Crippen LogP contribution in [0.4, 0.5) is 0 Å². The molecule has 0 bridgehead atoms. The molecule has 0 aliphatic heterocycles. The summed E-state index contributed by atoms with van der Waals surface area (Å²) in [4.78, 5) is 9.62. The molecule has 9 heteroatoms. The van der Waals surface area contributed by atoms with Crippen LogP contribution in [0.1, 0.15) is 56.7 Å². The summed E-state index contributed by atoms with van der Waals surface area (Å²) >= 11 is 0. The standard InChI is InChI=1S/C31H35N7O2/c1-4-7-12-28-27(19-24(20-33-28)31(39-5-2)40-6-3)30-32-17-18-38(30)21-22-13-15-23(16-14-22)25-10-8-9-11-26(25)29-34-36-37-35-29/h8-11,13-20,31H,4-7,12,21H2,1-3H3,(H,34,35,36,37). The van der Waals surface area contributed by atoms with Crippen molar-refractivity contribution in [1.82, 2.24) is 35.2 Å². The number of H-pyrrole nitrogens is 1. The number of aromatic nitrogens is 7. The number of unbranched alkanes of at least 4 members (excludes halogenated alkanes) is 1. The number of pyridine rings is 1. The normalized spacial score (nSPS) is 11.4. The molecule has 3 heterocycles. The van der Waals surface area contributed by atoms with Crippen molar-refractivity contribution in [3.8, 4) is 33.9 Å². The van der Waals surface area contributed by atoms with Crippen molar-refractivity contribution >= 4 is 0 Å². The highest BCUT2D eigenvalue weighted by molar-refractivity contribution is 5.80. The molecule has 0 radical (unpaired) electrons. The van der Waals surface area contributed by atoms with Crippen LogP contribution in [-0.2, 0) is 22.4 Å². The van der Waals surface area contributed by atoms with Gasteiger partial charge >= 0.3 is 0 Å².